The van der Waals surface area contributed by atoms with Crippen LogP contribution in [0, 0.1) is 0 Å². The zero-order valence-electron chi connectivity index (χ0n) is 6.89. The second kappa shape index (κ2) is 12.7. The molecule has 0 aliphatic carbocycles. The van der Waals surface area contributed by atoms with Crippen LogP contribution in [0.2, 0.25) is 0 Å². The smallest absolute Gasteiger partial charge is 1.00 e. The summed E-state index contributed by atoms with van der Waals surface area (Å²) >= 11 is 0. The van der Waals surface area contributed by atoms with Crippen LogP contribution in [0.25, 0.3) is 0 Å². The van der Waals surface area contributed by atoms with Crippen LogP contribution in [-0.4, -0.2) is 56.5 Å². The summed E-state index contributed by atoms with van der Waals surface area (Å²) in [6.45, 7) is 0. The Labute approximate surface area is 153 Å². The van der Waals surface area contributed by atoms with Gasteiger partial charge in [0.25, 0.3) is 0 Å². The van der Waals surface area contributed by atoms with Gasteiger partial charge in [-0.05, 0) is 0 Å². The topological polar surface area (TPSA) is 0 Å². The van der Waals surface area contributed by atoms with Gasteiger partial charge in [-0.15, -0.1) is 0 Å². The molecule has 12 heteroatoms. The average molecular weight is 386 g/mol. The molecule has 0 nitrogen and oxygen atoms in total. The molecule has 0 heterocycles. The van der Waals surface area contributed by atoms with E-state index in [-0.39, 0.29) is 58.0 Å². The first kappa shape index (κ1) is 25.9. The molecule has 0 bridgehead atoms. The van der Waals surface area contributed by atoms with Crippen LogP contribution in [-0.2, 0) is 0 Å². The van der Waals surface area contributed by atoms with Crippen molar-refractivity contribution in [3.63, 3.8) is 0 Å². The third-order valence-corrected chi connectivity index (χ3v) is 0. The maximum absolute atomic E-state index is 4.99. The van der Waals surface area contributed by atoms with Crippen LogP contribution in [0.15, 0.2) is 0 Å². The van der Waals surface area contributed by atoms with E-state index in [9.17, 15) is 0 Å². The standard InChI is InChI=1S/2Al.Ca.8ClH.Li.H/h;;;8*1H;;/q2*+3;+2;;;;;;;;;+1;-1/p-8. The molecule has 0 N–H and O–H groups in total. The summed E-state index contributed by atoms with van der Waals surface area (Å²) in [4.78, 5) is 0. The first-order chi connectivity index (χ1) is 4.00. The zero-order valence-corrected chi connectivity index (χ0v) is 16.5. The van der Waals surface area contributed by atoms with Gasteiger partial charge < -0.3 is 81.8 Å². The first-order valence-electron chi connectivity index (χ1n) is 1.75. The van der Waals surface area contributed by atoms with Crippen molar-refractivity contribution in [2.75, 3.05) is 0 Å². The van der Waals surface area contributed by atoms with Crippen molar-refractivity contribution >= 4 is 137 Å². The molecule has 0 saturated heterocycles. The van der Waals surface area contributed by atoms with E-state index >= 15 is 0 Å². The molecular weight excluding hydrogens is 385 g/mol. The zero-order chi connectivity index (χ0) is 9.00. The van der Waals surface area contributed by atoms with Gasteiger partial charge in [-0.2, -0.15) is 0 Å². The normalized spacial score (nSPS) is 10.0. The summed E-state index contributed by atoms with van der Waals surface area (Å²) in [6, 6.07) is 0. The van der Waals surface area contributed by atoms with E-state index in [1.54, 1.807) is 0 Å². The Hall–Kier alpha value is 5.24. The van der Waals surface area contributed by atoms with E-state index in [0.29, 0.717) is 0 Å². The molecule has 0 unspecified atom stereocenters. The summed E-state index contributed by atoms with van der Waals surface area (Å²) in [5, 5.41) is 0. The van der Waals surface area contributed by atoms with Crippen LogP contribution in [0.4, 0.5) is 0 Å². The van der Waals surface area contributed by atoms with Crippen LogP contribution < -0.4 is 18.9 Å². The Balaban J connectivity index is -0.0000000267. The molecule has 0 fully saturated rings. The van der Waals surface area contributed by atoms with Crippen molar-refractivity contribution in [3.05, 3.63) is 0 Å². The second-order valence-corrected chi connectivity index (χ2v) is 26.7. The van der Waals surface area contributed by atoms with E-state index in [0.717, 1.165) is 0 Å². The molecule has 0 aliphatic rings. The molecule has 66 valence electrons. The van der Waals surface area contributed by atoms with Gasteiger partial charge in [0.2, 0.25) is 0 Å². The van der Waals surface area contributed by atoms with E-state index < -0.39 is 18.8 Å². The van der Waals surface area contributed by atoms with E-state index in [4.69, 9.17) is 80.4 Å². The van der Waals surface area contributed by atoms with Crippen LogP contribution in [0.5, 0.6) is 0 Å². The van der Waals surface area contributed by atoms with E-state index in [2.05, 4.69) is 0 Å². The van der Waals surface area contributed by atoms with E-state index in [1.165, 1.54) is 0 Å². The van der Waals surface area contributed by atoms with Crippen LogP contribution in [0.1, 0.15) is 1.43 Å². The maximum atomic E-state index is 4.99. The molecule has 0 spiro atoms. The SMILES string of the molecule is [Ca+2].[Cl][Al-]([Cl])([Cl])[Cl].[Cl][Al-]([Cl])([Cl])[Cl].[H-].[Li+]. The van der Waals surface area contributed by atoms with Gasteiger partial charge in [-0.1, -0.05) is 0 Å². The van der Waals surface area contributed by atoms with Gasteiger partial charge in [0.05, 0.1) is 0 Å². The fourth-order valence-electron chi connectivity index (χ4n) is 0. The van der Waals surface area contributed by atoms with Crippen molar-refractivity contribution in [2.45, 2.75) is 0 Å². The van der Waals surface area contributed by atoms with Gasteiger partial charge in [-0.25, -0.2) is 0 Å². The quantitative estimate of drug-likeness (QED) is 0.554. The molecule has 0 radical (unpaired) electrons. The van der Waals surface area contributed by atoms with Gasteiger partial charge in [0.1, 0.15) is 0 Å². The minimum atomic E-state index is -2.94. The van der Waals surface area contributed by atoms with Crippen molar-refractivity contribution < 1.29 is 20.3 Å². The van der Waals surface area contributed by atoms with Gasteiger partial charge >= 0.3 is 75.4 Å². The molecule has 0 rings (SSSR count). The summed E-state index contributed by atoms with van der Waals surface area (Å²) < 4.78 is 0. The molecule has 0 amide bonds. The largest absolute Gasteiger partial charge is 2.00 e. The summed E-state index contributed by atoms with van der Waals surface area (Å²) in [5.41, 5.74) is 0. The summed E-state index contributed by atoms with van der Waals surface area (Å²) in [7, 11) is 34.1. The van der Waals surface area contributed by atoms with Crippen molar-refractivity contribution in [1.29, 1.82) is 0 Å². The maximum Gasteiger partial charge on any atom is 2.00 e. The third-order valence-electron chi connectivity index (χ3n) is 0. The Morgan fingerprint density at radius 2 is 0.583 bits per heavy atom. The van der Waals surface area contributed by atoms with Crippen LogP contribution >= 0.6 is 80.4 Å². The molecule has 12 heavy (non-hydrogen) atoms. The monoisotopic (exact) mass is 382 g/mol. The number of halogens is 8. The van der Waals surface area contributed by atoms with E-state index in [1.807, 2.05) is 0 Å². The van der Waals surface area contributed by atoms with Gasteiger partial charge in [0, 0.05) is 0 Å². The Morgan fingerprint density at radius 1 is 0.583 bits per heavy atom. The number of hydrogen-bond donors (Lipinski definition) is 0. The molecule has 0 aromatic carbocycles. The van der Waals surface area contributed by atoms with Gasteiger partial charge in [0.15, 0.2) is 0 Å². The molecule has 0 saturated carbocycles. The Kier molecular flexibility index (Phi) is 27.4. The van der Waals surface area contributed by atoms with Crippen molar-refractivity contribution in [2.24, 2.45) is 0 Å². The molecule has 0 aromatic heterocycles. The fraction of sp³-hybridized carbons (Fsp3) is 0. The van der Waals surface area contributed by atoms with Gasteiger partial charge in [-0.3, -0.25) is 0 Å². The second-order valence-electron chi connectivity index (χ2n) is 0.990. The predicted octanol–water partition coefficient (Wildman–Crippen LogP) is 1.49. The minimum Gasteiger partial charge on any atom is -1.00 e. The molecular formula is HAl2CaCl8Li. The molecule has 0 atom stereocenters. The van der Waals surface area contributed by atoms with Crippen molar-refractivity contribution in [1.82, 2.24) is 0 Å². The molecule has 0 aromatic rings. The fourth-order valence-corrected chi connectivity index (χ4v) is 0. The van der Waals surface area contributed by atoms with Crippen molar-refractivity contribution in [3.8, 4) is 0 Å². The average Bonchev–Trinajstić information content (AvgIpc) is 1.12. The Bertz CT molecular complexity index is 65.1. The minimum absolute atomic E-state index is 0. The predicted molar refractivity (Wildman–Crippen MR) is 65.2 cm³/mol. The third kappa shape index (κ3) is 113. The first-order valence-corrected chi connectivity index (χ1v) is 15.7. The molecule has 0 aliphatic heterocycles. The number of hydrogen-bond acceptors (Lipinski definition) is 0. The van der Waals surface area contributed by atoms with Crippen LogP contribution in [0.3, 0.4) is 0 Å². The number of rotatable bonds is 0. The summed E-state index contributed by atoms with van der Waals surface area (Å²) in [6.07, 6.45) is 0. The Morgan fingerprint density at radius 3 is 0.583 bits per heavy atom. The summed E-state index contributed by atoms with van der Waals surface area (Å²) in [5.74, 6) is 0.